The lowest BCUT2D eigenvalue weighted by molar-refractivity contribution is -0.140. The molecular weight excluding hydrogens is 511 g/mol. The third kappa shape index (κ3) is 4.33. The van der Waals surface area contributed by atoms with Crippen LogP contribution < -0.4 is 10.4 Å². The van der Waals surface area contributed by atoms with Crippen molar-refractivity contribution in [1.29, 1.82) is 5.41 Å². The number of rotatable bonds is 6. The highest BCUT2D eigenvalue weighted by Crippen LogP contribution is 2.45. The molecule has 0 aliphatic heterocycles. The molecule has 2 N–H and O–H groups in total. The number of benzene rings is 1. The minimum atomic E-state index is -4.52. The van der Waals surface area contributed by atoms with E-state index in [0.717, 1.165) is 30.3 Å². The molecule has 0 amide bonds. The van der Waals surface area contributed by atoms with Gasteiger partial charge in [-0.25, -0.2) is 24.9 Å². The maximum atomic E-state index is 13.1. The van der Waals surface area contributed by atoms with Gasteiger partial charge in [0.05, 0.1) is 25.0 Å². The van der Waals surface area contributed by atoms with Crippen molar-refractivity contribution in [3.8, 4) is 28.7 Å². The summed E-state index contributed by atoms with van der Waals surface area (Å²) in [4.78, 5) is 24.9. The number of nitrogens with one attached hydrogen (secondary N) is 2. The molecule has 1 aliphatic carbocycles. The van der Waals surface area contributed by atoms with Gasteiger partial charge in [0.1, 0.15) is 23.2 Å². The molecule has 6 rings (SSSR count). The number of imidazole rings is 2. The fourth-order valence-electron chi connectivity index (χ4n) is 4.78. The summed E-state index contributed by atoms with van der Waals surface area (Å²) in [7, 11) is 3.07. The molecule has 5 aromatic rings. The van der Waals surface area contributed by atoms with Crippen molar-refractivity contribution in [2.45, 2.75) is 37.9 Å². The number of H-pyrrole nitrogens is 1. The summed E-state index contributed by atoms with van der Waals surface area (Å²) < 4.78 is 47.9. The molecule has 0 unspecified atom stereocenters. The predicted molar refractivity (Wildman–Crippen MR) is 135 cm³/mol. The summed E-state index contributed by atoms with van der Waals surface area (Å²) in [5.41, 5.74) is 3.18. The number of aromatic nitrogens is 8. The average molecular weight is 536 g/mol. The van der Waals surface area contributed by atoms with Gasteiger partial charge in [-0.1, -0.05) is 24.3 Å². The Labute approximate surface area is 220 Å². The topological polar surface area (TPSA) is 123 Å². The van der Waals surface area contributed by atoms with Gasteiger partial charge in [0.25, 0.3) is 0 Å². The first kappa shape index (κ1) is 24.8. The Morgan fingerprint density at radius 2 is 1.85 bits per heavy atom. The molecule has 1 saturated carbocycles. The van der Waals surface area contributed by atoms with E-state index in [4.69, 9.17) is 15.1 Å². The molecule has 0 spiro atoms. The molecule has 39 heavy (non-hydrogen) atoms. The number of fused-ring (bicyclic) bond motifs is 1. The van der Waals surface area contributed by atoms with Crippen LogP contribution in [0.1, 0.15) is 48.7 Å². The van der Waals surface area contributed by atoms with Crippen LogP contribution in [0, 0.1) is 5.41 Å². The second kappa shape index (κ2) is 9.03. The number of nitrogens with zero attached hydrogens (tertiary/aromatic N) is 7. The summed E-state index contributed by atoms with van der Waals surface area (Å²) in [5, 5.41) is 8.59. The Morgan fingerprint density at radius 1 is 1.10 bits per heavy atom. The summed E-state index contributed by atoms with van der Waals surface area (Å²) in [5.74, 6) is 1.33. The first-order chi connectivity index (χ1) is 18.7. The zero-order valence-corrected chi connectivity index (χ0v) is 21.3. The number of alkyl halides is 3. The zero-order chi connectivity index (χ0) is 27.5. The fourth-order valence-corrected chi connectivity index (χ4v) is 4.78. The summed E-state index contributed by atoms with van der Waals surface area (Å²) in [6.45, 7) is 1.92. The quantitative estimate of drug-likeness (QED) is 0.327. The van der Waals surface area contributed by atoms with Crippen LogP contribution in [0.3, 0.4) is 0 Å². The molecule has 0 radical (unpaired) electrons. The molecule has 13 heteroatoms. The highest BCUT2D eigenvalue weighted by molar-refractivity contribution is 5.75. The number of halogens is 3. The summed E-state index contributed by atoms with van der Waals surface area (Å²) in [6.07, 6.45) is 1.62. The maximum Gasteiger partial charge on any atom is 0.434 e. The molecule has 4 aromatic heterocycles. The SMILES string of the molecule is COc1ncnc(C2CC2)c1-c1ncc2[nH]c(=N)n([C@H](C)c3ccc(-c4nc(C(F)(F)F)cn4C)cc3)c2n1. The smallest absolute Gasteiger partial charge is 0.434 e. The summed E-state index contributed by atoms with van der Waals surface area (Å²) >= 11 is 0. The Balaban J connectivity index is 1.39. The van der Waals surface area contributed by atoms with Crippen molar-refractivity contribution in [3.63, 3.8) is 0 Å². The lowest BCUT2D eigenvalue weighted by Gasteiger charge is -2.16. The van der Waals surface area contributed by atoms with Crippen LogP contribution in [0.25, 0.3) is 33.9 Å². The number of hydrogen-bond donors (Lipinski definition) is 2. The van der Waals surface area contributed by atoms with Gasteiger partial charge >= 0.3 is 6.18 Å². The van der Waals surface area contributed by atoms with Crippen molar-refractivity contribution in [2.75, 3.05) is 7.11 Å². The third-order valence-electron chi connectivity index (χ3n) is 6.92. The number of aryl methyl sites for hydroxylation is 1. The molecule has 1 atom stereocenters. The van der Waals surface area contributed by atoms with Crippen LogP contribution in [-0.2, 0) is 13.2 Å². The Kier molecular flexibility index (Phi) is 5.74. The van der Waals surface area contributed by atoms with E-state index in [1.54, 1.807) is 30.0 Å². The van der Waals surface area contributed by atoms with E-state index in [0.29, 0.717) is 39.9 Å². The van der Waals surface area contributed by atoms with Crippen LogP contribution in [0.5, 0.6) is 5.88 Å². The van der Waals surface area contributed by atoms with Crippen molar-refractivity contribution in [2.24, 2.45) is 7.05 Å². The molecular formula is C26H24F3N9O. The lowest BCUT2D eigenvalue weighted by atomic mass is 10.1. The minimum Gasteiger partial charge on any atom is -0.480 e. The van der Waals surface area contributed by atoms with Gasteiger partial charge in [-0.3, -0.25) is 9.98 Å². The average Bonchev–Trinajstić information content (AvgIpc) is 3.61. The lowest BCUT2D eigenvalue weighted by Crippen LogP contribution is -2.21. The van der Waals surface area contributed by atoms with Crippen LogP contribution in [0.2, 0.25) is 0 Å². The third-order valence-corrected chi connectivity index (χ3v) is 6.92. The van der Waals surface area contributed by atoms with Gasteiger partial charge in [-0.2, -0.15) is 13.2 Å². The predicted octanol–water partition coefficient (Wildman–Crippen LogP) is 4.61. The number of methoxy groups -OCH3 is 1. The molecule has 200 valence electrons. The Bertz CT molecular complexity index is 1750. The van der Waals surface area contributed by atoms with E-state index >= 15 is 0 Å². The van der Waals surface area contributed by atoms with Gasteiger partial charge < -0.3 is 14.3 Å². The Morgan fingerprint density at radius 3 is 2.49 bits per heavy atom. The summed E-state index contributed by atoms with van der Waals surface area (Å²) in [6, 6.07) is 6.75. The standard InChI is InChI=1S/C26H24F3N9O/c1-13(14-4-8-16(9-5-14)22-35-18(11-37(22)2)26(27,28)29)38-23-17(34-25(38)30)10-31-21(36-23)19-20(15-6-7-15)32-12-33-24(19)39-3/h4-5,8-13,15H,6-7H2,1-3H3,(H2,30,34)/t13-/m1/s1. The van der Waals surface area contributed by atoms with Crippen LogP contribution >= 0.6 is 0 Å². The minimum absolute atomic E-state index is 0.130. The van der Waals surface area contributed by atoms with E-state index in [1.807, 2.05) is 19.1 Å². The van der Waals surface area contributed by atoms with E-state index in [1.165, 1.54) is 17.9 Å². The van der Waals surface area contributed by atoms with Gasteiger partial charge in [0.15, 0.2) is 17.2 Å². The number of ether oxygens (including phenoxy) is 1. The molecule has 1 aromatic carbocycles. The highest BCUT2D eigenvalue weighted by Gasteiger charge is 2.35. The van der Waals surface area contributed by atoms with Crippen LogP contribution in [-0.4, -0.2) is 46.1 Å². The van der Waals surface area contributed by atoms with E-state index in [9.17, 15) is 13.2 Å². The van der Waals surface area contributed by atoms with Gasteiger partial charge in [0.2, 0.25) is 11.5 Å². The highest BCUT2D eigenvalue weighted by atomic mass is 19.4. The van der Waals surface area contributed by atoms with Crippen molar-refractivity contribution < 1.29 is 17.9 Å². The number of aromatic amines is 1. The molecule has 1 aliphatic rings. The molecule has 10 nitrogen and oxygen atoms in total. The monoisotopic (exact) mass is 535 g/mol. The fraction of sp³-hybridized carbons (Fsp3) is 0.308. The van der Waals surface area contributed by atoms with E-state index in [2.05, 4.69) is 24.9 Å². The second-order valence-corrected chi connectivity index (χ2v) is 9.55. The first-order valence-corrected chi connectivity index (χ1v) is 12.3. The van der Waals surface area contributed by atoms with Crippen LogP contribution in [0.4, 0.5) is 13.2 Å². The molecule has 1 fully saturated rings. The largest absolute Gasteiger partial charge is 0.480 e. The number of hydrogen-bond acceptors (Lipinski definition) is 7. The second-order valence-electron chi connectivity index (χ2n) is 9.55. The van der Waals surface area contributed by atoms with Gasteiger partial charge in [-0.15, -0.1) is 0 Å². The zero-order valence-electron chi connectivity index (χ0n) is 21.3. The van der Waals surface area contributed by atoms with Gasteiger partial charge in [-0.05, 0) is 25.3 Å². The van der Waals surface area contributed by atoms with E-state index < -0.39 is 11.9 Å². The van der Waals surface area contributed by atoms with Crippen molar-refractivity contribution >= 4 is 11.2 Å². The normalized spacial score (nSPS) is 14.6. The first-order valence-electron chi connectivity index (χ1n) is 12.3. The maximum absolute atomic E-state index is 13.1. The van der Waals surface area contributed by atoms with Crippen LogP contribution in [0.15, 0.2) is 43.0 Å². The Hall–Kier alpha value is -4.55. The van der Waals surface area contributed by atoms with Crippen molar-refractivity contribution in [3.05, 3.63) is 65.6 Å². The van der Waals surface area contributed by atoms with Gasteiger partial charge in [0, 0.05) is 24.7 Å². The molecule has 4 heterocycles. The van der Waals surface area contributed by atoms with E-state index in [-0.39, 0.29) is 17.5 Å². The molecule has 0 saturated heterocycles. The van der Waals surface area contributed by atoms with Crippen molar-refractivity contribution in [1.82, 2.24) is 39.0 Å². The molecule has 0 bridgehead atoms.